The highest BCUT2D eigenvalue weighted by Gasteiger charge is 2.21. The van der Waals surface area contributed by atoms with Crippen LogP contribution in [0.4, 0.5) is 4.39 Å². The Bertz CT molecular complexity index is 150. The van der Waals surface area contributed by atoms with E-state index in [0.717, 1.165) is 12.8 Å². The normalized spacial score (nSPS) is 22.2. The highest BCUT2D eigenvalue weighted by Crippen LogP contribution is 2.31. The fraction of sp³-hybridized carbons (Fsp3) is 0.800. The van der Waals surface area contributed by atoms with Crippen molar-refractivity contribution in [3.63, 3.8) is 0 Å². The molecule has 0 unspecified atom stereocenters. The number of hydrogen-bond acceptors (Lipinski definition) is 1. The second kappa shape index (κ2) is 4.61. The van der Waals surface area contributed by atoms with Crippen molar-refractivity contribution in [2.45, 2.75) is 38.3 Å². The molecule has 2 heteroatoms. The lowest BCUT2D eigenvalue weighted by Crippen LogP contribution is -2.18. The molecule has 0 aromatic heterocycles. The van der Waals surface area contributed by atoms with Gasteiger partial charge in [0.15, 0.2) is 0 Å². The summed E-state index contributed by atoms with van der Waals surface area (Å²) in [6.07, 6.45) is 4.54. The van der Waals surface area contributed by atoms with E-state index >= 15 is 0 Å². The van der Waals surface area contributed by atoms with Crippen LogP contribution >= 0.6 is 0 Å². The fourth-order valence-corrected chi connectivity index (χ4v) is 1.85. The van der Waals surface area contributed by atoms with E-state index in [1.165, 1.54) is 19.3 Å². The van der Waals surface area contributed by atoms with Gasteiger partial charge < -0.3 is 5.11 Å². The zero-order chi connectivity index (χ0) is 8.97. The van der Waals surface area contributed by atoms with Crippen LogP contribution in [0.5, 0.6) is 0 Å². The molecule has 0 aliphatic heterocycles. The van der Waals surface area contributed by atoms with E-state index in [1.807, 2.05) is 0 Å². The van der Waals surface area contributed by atoms with Crippen molar-refractivity contribution >= 4 is 0 Å². The lowest BCUT2D eigenvalue weighted by molar-refractivity contribution is 0.187. The van der Waals surface area contributed by atoms with Gasteiger partial charge in [0, 0.05) is 0 Å². The zero-order valence-corrected chi connectivity index (χ0v) is 7.43. The molecule has 1 saturated carbocycles. The number of aliphatic hydroxyl groups is 1. The van der Waals surface area contributed by atoms with Crippen LogP contribution in [-0.2, 0) is 0 Å². The lowest BCUT2D eigenvalue weighted by Gasteiger charge is -2.24. The van der Waals surface area contributed by atoms with E-state index in [0.29, 0.717) is 11.5 Å². The highest BCUT2D eigenvalue weighted by molar-refractivity contribution is 5.07. The molecule has 0 heterocycles. The van der Waals surface area contributed by atoms with Gasteiger partial charge in [-0.3, -0.25) is 0 Å². The Labute approximate surface area is 73.3 Å². The Morgan fingerprint density at radius 3 is 2.50 bits per heavy atom. The van der Waals surface area contributed by atoms with Crippen LogP contribution in [0.1, 0.15) is 32.1 Å². The molecular weight excluding hydrogens is 155 g/mol. The van der Waals surface area contributed by atoms with Crippen molar-refractivity contribution in [2.75, 3.05) is 6.61 Å². The van der Waals surface area contributed by atoms with Gasteiger partial charge in [-0.05, 0) is 24.3 Å². The Morgan fingerprint density at radius 2 is 2.00 bits per heavy atom. The van der Waals surface area contributed by atoms with Crippen LogP contribution in [-0.4, -0.2) is 17.9 Å². The van der Waals surface area contributed by atoms with Crippen molar-refractivity contribution < 1.29 is 9.50 Å². The first kappa shape index (κ1) is 9.72. The topological polar surface area (TPSA) is 20.2 Å². The molecule has 0 radical (unpaired) electrons. The van der Waals surface area contributed by atoms with Crippen molar-refractivity contribution in [1.82, 2.24) is 0 Å². The van der Waals surface area contributed by atoms with Gasteiger partial charge in [0.25, 0.3) is 0 Å². The van der Waals surface area contributed by atoms with Crippen molar-refractivity contribution in [2.24, 2.45) is 5.92 Å². The van der Waals surface area contributed by atoms with Gasteiger partial charge >= 0.3 is 0 Å². The average Bonchev–Trinajstić information content (AvgIpc) is 2.17. The molecule has 1 rings (SSSR count). The van der Waals surface area contributed by atoms with Crippen LogP contribution in [0.15, 0.2) is 12.2 Å². The largest absolute Gasteiger partial charge is 0.393 e. The molecule has 0 bridgehead atoms. The van der Waals surface area contributed by atoms with E-state index in [-0.39, 0.29) is 0 Å². The van der Waals surface area contributed by atoms with Gasteiger partial charge in [0.2, 0.25) is 0 Å². The summed E-state index contributed by atoms with van der Waals surface area (Å²) in [7, 11) is 0. The minimum absolute atomic E-state index is 0.320. The Hall–Kier alpha value is -0.370. The van der Waals surface area contributed by atoms with Gasteiger partial charge in [-0.15, -0.1) is 0 Å². The number of rotatable bonds is 3. The van der Waals surface area contributed by atoms with Crippen LogP contribution in [0, 0.1) is 5.92 Å². The zero-order valence-electron chi connectivity index (χ0n) is 7.43. The maximum Gasteiger partial charge on any atom is 0.144 e. The average molecular weight is 172 g/mol. The highest BCUT2D eigenvalue weighted by atomic mass is 19.1. The molecule has 1 N–H and O–H groups in total. The van der Waals surface area contributed by atoms with Crippen LogP contribution in [0.25, 0.3) is 0 Å². The molecule has 70 valence electrons. The monoisotopic (exact) mass is 172 g/mol. The molecule has 0 spiro atoms. The Balaban J connectivity index is 2.39. The third-order valence-corrected chi connectivity index (χ3v) is 2.69. The Kier molecular flexibility index (Phi) is 3.73. The molecule has 1 fully saturated rings. The van der Waals surface area contributed by atoms with Gasteiger partial charge in [-0.1, -0.05) is 25.8 Å². The van der Waals surface area contributed by atoms with Gasteiger partial charge in [0.05, 0.1) is 6.61 Å². The fourth-order valence-electron chi connectivity index (χ4n) is 1.85. The minimum Gasteiger partial charge on any atom is -0.393 e. The second-order valence-electron chi connectivity index (χ2n) is 3.56. The molecular formula is C10H17FO. The van der Waals surface area contributed by atoms with Crippen molar-refractivity contribution in [3.05, 3.63) is 12.2 Å². The molecule has 1 atom stereocenters. The first-order valence-corrected chi connectivity index (χ1v) is 4.69. The predicted octanol–water partition coefficient (Wildman–Crippen LogP) is 2.45. The van der Waals surface area contributed by atoms with E-state index in [4.69, 9.17) is 5.11 Å². The second-order valence-corrected chi connectivity index (χ2v) is 3.56. The summed E-state index contributed by atoms with van der Waals surface area (Å²) in [5.74, 6) is 0.320. The molecule has 0 amide bonds. The first-order valence-electron chi connectivity index (χ1n) is 4.69. The van der Waals surface area contributed by atoms with E-state index in [1.54, 1.807) is 0 Å². The van der Waals surface area contributed by atoms with Gasteiger partial charge in [-0.25, -0.2) is 4.39 Å². The third-order valence-electron chi connectivity index (χ3n) is 2.69. The summed E-state index contributed by atoms with van der Waals surface area (Å²) in [5.41, 5.74) is 0.609. The molecule has 1 nitrogen and oxygen atoms in total. The molecule has 0 aromatic rings. The van der Waals surface area contributed by atoms with Crippen LogP contribution < -0.4 is 0 Å². The van der Waals surface area contributed by atoms with Gasteiger partial charge in [-0.2, -0.15) is 0 Å². The molecule has 1 aliphatic rings. The Morgan fingerprint density at radius 1 is 1.42 bits per heavy atom. The number of aliphatic hydroxyl groups excluding tert-OH is 1. The molecule has 12 heavy (non-hydrogen) atoms. The summed E-state index contributed by atoms with van der Waals surface area (Å²) in [6, 6.07) is 0. The van der Waals surface area contributed by atoms with E-state index in [2.05, 4.69) is 6.58 Å². The summed E-state index contributed by atoms with van der Waals surface area (Å²) >= 11 is 0. The van der Waals surface area contributed by atoms with E-state index in [9.17, 15) is 4.39 Å². The van der Waals surface area contributed by atoms with E-state index < -0.39 is 12.8 Å². The maximum absolute atomic E-state index is 13.0. The number of hydrogen-bond donors (Lipinski definition) is 1. The third kappa shape index (κ3) is 2.31. The predicted molar refractivity (Wildman–Crippen MR) is 47.7 cm³/mol. The quantitative estimate of drug-likeness (QED) is 0.648. The summed E-state index contributed by atoms with van der Waals surface area (Å²) < 4.78 is 13.0. The first-order chi connectivity index (χ1) is 5.75. The maximum atomic E-state index is 13.0. The number of alkyl halides is 1. The van der Waals surface area contributed by atoms with Gasteiger partial charge in [0.1, 0.15) is 6.17 Å². The van der Waals surface area contributed by atoms with Crippen molar-refractivity contribution in [1.29, 1.82) is 0 Å². The SMILES string of the molecule is C=C(C1CCCCC1)[C@@H](F)CO. The number of halogens is 1. The lowest BCUT2D eigenvalue weighted by atomic mass is 9.83. The van der Waals surface area contributed by atoms with Crippen LogP contribution in [0.3, 0.4) is 0 Å². The van der Waals surface area contributed by atoms with Crippen molar-refractivity contribution in [3.8, 4) is 0 Å². The minimum atomic E-state index is -1.20. The summed E-state index contributed by atoms with van der Waals surface area (Å²) in [6.45, 7) is 3.31. The van der Waals surface area contributed by atoms with Crippen LogP contribution in [0.2, 0.25) is 0 Å². The molecule has 0 aromatic carbocycles. The smallest absolute Gasteiger partial charge is 0.144 e. The summed E-state index contributed by atoms with van der Waals surface area (Å²) in [4.78, 5) is 0. The summed E-state index contributed by atoms with van der Waals surface area (Å²) in [5, 5.41) is 8.60. The molecule has 1 aliphatic carbocycles. The molecule has 0 saturated heterocycles. The standard InChI is InChI=1S/C10H17FO/c1-8(10(11)7-12)9-5-3-2-4-6-9/h9-10,12H,1-7H2/t10-/m0/s1.